The van der Waals surface area contributed by atoms with Gasteiger partial charge in [0.15, 0.2) is 5.78 Å². The van der Waals surface area contributed by atoms with Gasteiger partial charge in [-0.3, -0.25) is 9.78 Å². The number of halogens is 3. The van der Waals surface area contributed by atoms with E-state index in [1.807, 2.05) is 0 Å². The molecule has 0 aliphatic heterocycles. The van der Waals surface area contributed by atoms with Gasteiger partial charge in [0.25, 0.3) is 0 Å². The van der Waals surface area contributed by atoms with Crippen molar-refractivity contribution in [1.29, 1.82) is 0 Å². The largest absolute Gasteiger partial charge is 0.417 e. The van der Waals surface area contributed by atoms with Crippen molar-refractivity contribution in [2.45, 2.75) is 25.1 Å². The zero-order valence-electron chi connectivity index (χ0n) is 8.21. The summed E-state index contributed by atoms with van der Waals surface area (Å²) in [4.78, 5) is 15.2. The number of fused-ring (bicyclic) bond motifs is 1. The lowest BCUT2D eigenvalue weighted by atomic mass is 9.90. The topological polar surface area (TPSA) is 56.0 Å². The van der Waals surface area contributed by atoms with E-state index in [2.05, 4.69) is 4.98 Å². The zero-order valence-corrected chi connectivity index (χ0v) is 8.21. The van der Waals surface area contributed by atoms with Gasteiger partial charge in [-0.1, -0.05) is 0 Å². The van der Waals surface area contributed by atoms with Crippen LogP contribution in [0.4, 0.5) is 13.2 Å². The Morgan fingerprint density at radius 1 is 1.38 bits per heavy atom. The van der Waals surface area contributed by atoms with Crippen LogP contribution < -0.4 is 5.73 Å². The van der Waals surface area contributed by atoms with Crippen LogP contribution in [0.15, 0.2) is 12.3 Å². The van der Waals surface area contributed by atoms with Crippen molar-refractivity contribution in [3.8, 4) is 0 Å². The van der Waals surface area contributed by atoms with Crippen LogP contribution in [0.1, 0.15) is 28.0 Å². The van der Waals surface area contributed by atoms with Crippen LogP contribution in [0, 0.1) is 0 Å². The maximum Gasteiger partial charge on any atom is 0.417 e. The van der Waals surface area contributed by atoms with Gasteiger partial charge < -0.3 is 5.73 Å². The van der Waals surface area contributed by atoms with Crippen LogP contribution in [0.2, 0.25) is 0 Å². The number of hydrogen-bond donors (Lipinski definition) is 1. The lowest BCUT2D eigenvalue weighted by Crippen LogP contribution is -2.32. The monoisotopic (exact) mass is 230 g/mol. The van der Waals surface area contributed by atoms with Gasteiger partial charge in [-0.2, -0.15) is 13.2 Å². The van der Waals surface area contributed by atoms with Crippen molar-refractivity contribution < 1.29 is 18.0 Å². The van der Waals surface area contributed by atoms with Crippen LogP contribution in [0.5, 0.6) is 0 Å². The maximum atomic E-state index is 12.4. The summed E-state index contributed by atoms with van der Waals surface area (Å²) in [5, 5.41) is 0. The number of carbonyl (C=O) groups excluding carboxylic acids is 1. The summed E-state index contributed by atoms with van der Waals surface area (Å²) < 4.78 is 37.2. The SMILES string of the molecule is NC1CC(=O)c2cc(C(F)(F)F)cnc2C1. The number of carbonyl (C=O) groups is 1. The number of ketones is 1. The Labute approximate surface area is 89.5 Å². The molecule has 1 aromatic heterocycles. The van der Waals surface area contributed by atoms with Crippen molar-refractivity contribution in [2.75, 3.05) is 0 Å². The third-order valence-electron chi connectivity index (χ3n) is 2.50. The highest BCUT2D eigenvalue weighted by Gasteiger charge is 2.33. The van der Waals surface area contributed by atoms with Crippen LogP contribution in [0.3, 0.4) is 0 Å². The number of rotatable bonds is 0. The maximum absolute atomic E-state index is 12.4. The van der Waals surface area contributed by atoms with Crippen molar-refractivity contribution in [2.24, 2.45) is 5.73 Å². The Bertz CT molecular complexity index is 442. The van der Waals surface area contributed by atoms with Crippen LogP contribution >= 0.6 is 0 Å². The van der Waals surface area contributed by atoms with Gasteiger partial charge in [-0.25, -0.2) is 0 Å². The fourth-order valence-electron chi connectivity index (χ4n) is 1.72. The zero-order chi connectivity index (χ0) is 11.9. The summed E-state index contributed by atoms with van der Waals surface area (Å²) in [6.07, 6.45) is -3.30. The van der Waals surface area contributed by atoms with Gasteiger partial charge >= 0.3 is 6.18 Å². The first-order valence-electron chi connectivity index (χ1n) is 4.73. The highest BCUT2D eigenvalue weighted by atomic mass is 19.4. The number of alkyl halides is 3. The molecule has 2 rings (SSSR count). The van der Waals surface area contributed by atoms with Gasteiger partial charge in [-0.15, -0.1) is 0 Å². The molecule has 1 heterocycles. The quantitative estimate of drug-likeness (QED) is 0.735. The Balaban J connectivity index is 2.47. The standard InChI is InChI=1S/C10H9F3N2O/c11-10(12,13)5-1-7-8(15-4-5)2-6(14)3-9(7)16/h1,4,6H,2-3,14H2. The highest BCUT2D eigenvalue weighted by Crippen LogP contribution is 2.31. The minimum atomic E-state index is -4.47. The van der Waals surface area contributed by atoms with Crippen LogP contribution in [0.25, 0.3) is 0 Å². The molecule has 2 N–H and O–H groups in total. The molecule has 0 saturated carbocycles. The summed E-state index contributed by atoms with van der Waals surface area (Å²) in [5.74, 6) is -0.368. The molecule has 1 atom stereocenters. The second kappa shape index (κ2) is 3.55. The van der Waals surface area contributed by atoms with Crippen molar-refractivity contribution >= 4 is 5.78 Å². The van der Waals surface area contributed by atoms with E-state index >= 15 is 0 Å². The Hall–Kier alpha value is -1.43. The molecule has 1 aliphatic carbocycles. The smallest absolute Gasteiger partial charge is 0.327 e. The molecule has 6 heteroatoms. The molecule has 0 amide bonds. The Morgan fingerprint density at radius 3 is 2.69 bits per heavy atom. The normalized spacial score (nSPS) is 20.8. The fraction of sp³-hybridized carbons (Fsp3) is 0.400. The molecule has 3 nitrogen and oxygen atoms in total. The molecule has 0 bridgehead atoms. The van der Waals surface area contributed by atoms with E-state index in [9.17, 15) is 18.0 Å². The predicted molar refractivity (Wildman–Crippen MR) is 49.9 cm³/mol. The average molecular weight is 230 g/mol. The van der Waals surface area contributed by atoms with Gasteiger partial charge in [0.1, 0.15) is 0 Å². The minimum absolute atomic E-state index is 0.0523. The molecule has 86 valence electrons. The van der Waals surface area contributed by atoms with Crippen LogP contribution in [-0.2, 0) is 12.6 Å². The summed E-state index contributed by atoms with van der Waals surface area (Å²) >= 11 is 0. The first-order valence-corrected chi connectivity index (χ1v) is 4.73. The van der Waals surface area contributed by atoms with E-state index in [0.717, 1.165) is 12.3 Å². The van der Waals surface area contributed by atoms with Gasteiger partial charge in [0, 0.05) is 30.6 Å². The minimum Gasteiger partial charge on any atom is -0.327 e. The van der Waals surface area contributed by atoms with Crippen molar-refractivity contribution in [3.05, 3.63) is 29.1 Å². The molecule has 0 aromatic carbocycles. The molecule has 0 fully saturated rings. The lowest BCUT2D eigenvalue weighted by molar-refractivity contribution is -0.137. The van der Waals surface area contributed by atoms with Crippen molar-refractivity contribution in [3.63, 3.8) is 0 Å². The summed E-state index contributed by atoms with van der Waals surface area (Å²) in [7, 11) is 0. The second-order valence-electron chi connectivity index (χ2n) is 3.81. The van der Waals surface area contributed by atoms with E-state index in [1.54, 1.807) is 0 Å². The van der Waals surface area contributed by atoms with Gasteiger partial charge in [0.2, 0.25) is 0 Å². The third-order valence-corrected chi connectivity index (χ3v) is 2.50. The fourth-order valence-corrected chi connectivity index (χ4v) is 1.72. The van der Waals surface area contributed by atoms with Crippen molar-refractivity contribution in [1.82, 2.24) is 4.98 Å². The number of nitrogens with two attached hydrogens (primary N) is 1. The van der Waals surface area contributed by atoms with Gasteiger partial charge in [-0.05, 0) is 6.07 Å². The number of aromatic nitrogens is 1. The molecule has 1 aliphatic rings. The molecule has 0 saturated heterocycles. The first kappa shape index (κ1) is 11.1. The molecule has 0 spiro atoms. The molecule has 16 heavy (non-hydrogen) atoms. The molecule has 0 radical (unpaired) electrons. The summed E-state index contributed by atoms with van der Waals surface area (Å²) in [6, 6.07) is 0.514. The average Bonchev–Trinajstić information content (AvgIpc) is 2.15. The number of hydrogen-bond acceptors (Lipinski definition) is 3. The number of nitrogens with zero attached hydrogens (tertiary/aromatic N) is 1. The first-order chi connectivity index (χ1) is 7.38. The summed E-state index contributed by atoms with van der Waals surface area (Å²) in [6.45, 7) is 0. The predicted octanol–water partition coefficient (Wildman–Crippen LogP) is 1.56. The Kier molecular flexibility index (Phi) is 2.46. The van der Waals surface area contributed by atoms with Crippen LogP contribution in [-0.4, -0.2) is 16.8 Å². The molecule has 1 aromatic rings. The Morgan fingerprint density at radius 2 is 2.06 bits per heavy atom. The highest BCUT2D eigenvalue weighted by molar-refractivity contribution is 5.98. The molecule has 1 unspecified atom stereocenters. The van der Waals surface area contributed by atoms with E-state index in [-0.39, 0.29) is 23.8 Å². The molecular formula is C10H9F3N2O. The second-order valence-corrected chi connectivity index (χ2v) is 3.81. The van der Waals surface area contributed by atoms with E-state index in [0.29, 0.717) is 12.1 Å². The van der Waals surface area contributed by atoms with E-state index in [4.69, 9.17) is 5.73 Å². The third kappa shape index (κ3) is 1.92. The van der Waals surface area contributed by atoms with Gasteiger partial charge in [0.05, 0.1) is 11.3 Å². The van der Waals surface area contributed by atoms with E-state index < -0.39 is 11.7 Å². The molecular weight excluding hydrogens is 221 g/mol. The number of pyridine rings is 1. The van der Waals surface area contributed by atoms with E-state index in [1.165, 1.54) is 0 Å². The number of Topliss-reactive ketones (excluding diaryl/α,β-unsaturated/α-hetero) is 1. The lowest BCUT2D eigenvalue weighted by Gasteiger charge is -2.20. The summed E-state index contributed by atoms with van der Waals surface area (Å²) in [5.41, 5.74) is 5.10.